The van der Waals surface area contributed by atoms with Gasteiger partial charge in [-0.3, -0.25) is 0 Å². The Balaban J connectivity index is 1.96. The topological polar surface area (TPSA) is 44.8 Å². The first-order valence-corrected chi connectivity index (χ1v) is 7.32. The molecule has 1 heterocycles. The maximum Gasteiger partial charge on any atom is 0.351 e. The minimum atomic E-state index is -0.813. The number of methoxy groups -OCH3 is 1. The van der Waals surface area contributed by atoms with Crippen molar-refractivity contribution in [3.05, 3.63) is 59.7 Å². The summed E-state index contributed by atoms with van der Waals surface area (Å²) in [6.45, 7) is 2.10. The van der Waals surface area contributed by atoms with Crippen LogP contribution in [0.25, 0.3) is 0 Å². The molecule has 0 bridgehead atoms. The average Bonchev–Trinajstić information content (AvgIpc) is 2.60. The van der Waals surface area contributed by atoms with Crippen LogP contribution in [-0.4, -0.2) is 19.2 Å². The van der Waals surface area contributed by atoms with Crippen LogP contribution in [0.1, 0.15) is 24.2 Å². The molecule has 0 fully saturated rings. The molecule has 3 rings (SSSR count). The van der Waals surface area contributed by atoms with Crippen LogP contribution >= 0.6 is 0 Å². The maximum atomic E-state index is 12.1. The molecule has 0 unspecified atom stereocenters. The van der Waals surface area contributed by atoms with E-state index in [4.69, 9.17) is 14.2 Å². The lowest BCUT2D eigenvalue weighted by Gasteiger charge is -2.32. The van der Waals surface area contributed by atoms with Crippen molar-refractivity contribution in [2.24, 2.45) is 0 Å². The molecule has 0 N–H and O–H groups in total. The fourth-order valence-corrected chi connectivity index (χ4v) is 2.52. The van der Waals surface area contributed by atoms with E-state index in [1.807, 2.05) is 42.5 Å². The summed E-state index contributed by atoms with van der Waals surface area (Å²) in [5.74, 6) is 0.741. The SMILES string of the molecule is CCc1ccc([C@H]2Oc3ccccc3O[C@@H]2C(=O)OC)cc1. The zero-order chi connectivity index (χ0) is 15.5. The summed E-state index contributed by atoms with van der Waals surface area (Å²) in [6, 6.07) is 15.3. The second-order valence-corrected chi connectivity index (χ2v) is 5.14. The largest absolute Gasteiger partial charge is 0.477 e. The van der Waals surface area contributed by atoms with Gasteiger partial charge in [0.05, 0.1) is 7.11 Å². The number of fused-ring (bicyclic) bond motifs is 1. The highest BCUT2D eigenvalue weighted by Gasteiger charge is 2.38. The van der Waals surface area contributed by atoms with E-state index in [2.05, 4.69) is 6.92 Å². The van der Waals surface area contributed by atoms with Gasteiger partial charge in [0, 0.05) is 0 Å². The van der Waals surface area contributed by atoms with Gasteiger partial charge in [-0.1, -0.05) is 43.3 Å². The smallest absolute Gasteiger partial charge is 0.351 e. The van der Waals surface area contributed by atoms with Gasteiger partial charge in [-0.2, -0.15) is 0 Å². The highest BCUT2D eigenvalue weighted by molar-refractivity contribution is 5.77. The quantitative estimate of drug-likeness (QED) is 0.816. The number of hydrogen-bond donors (Lipinski definition) is 0. The van der Waals surface area contributed by atoms with Gasteiger partial charge in [-0.25, -0.2) is 4.79 Å². The molecule has 0 radical (unpaired) electrons. The van der Waals surface area contributed by atoms with Crippen LogP contribution in [0.5, 0.6) is 11.5 Å². The van der Waals surface area contributed by atoms with Crippen LogP contribution in [0.3, 0.4) is 0 Å². The molecule has 0 spiro atoms. The van der Waals surface area contributed by atoms with Crippen molar-refractivity contribution in [1.82, 2.24) is 0 Å². The summed E-state index contributed by atoms with van der Waals surface area (Å²) in [4.78, 5) is 12.1. The molecule has 0 aromatic heterocycles. The molecule has 0 amide bonds. The number of esters is 1. The normalized spacial score (nSPS) is 19.5. The first-order valence-electron chi connectivity index (χ1n) is 7.32. The van der Waals surface area contributed by atoms with Gasteiger partial charge < -0.3 is 14.2 Å². The Kier molecular flexibility index (Phi) is 4.00. The maximum absolute atomic E-state index is 12.1. The van der Waals surface area contributed by atoms with Crippen molar-refractivity contribution in [3.63, 3.8) is 0 Å². The third-order valence-corrected chi connectivity index (χ3v) is 3.78. The van der Waals surface area contributed by atoms with Gasteiger partial charge in [0.1, 0.15) is 0 Å². The minimum Gasteiger partial charge on any atom is -0.477 e. The van der Waals surface area contributed by atoms with Crippen molar-refractivity contribution in [1.29, 1.82) is 0 Å². The van der Waals surface area contributed by atoms with E-state index in [0.717, 1.165) is 12.0 Å². The predicted molar refractivity (Wildman–Crippen MR) is 82.1 cm³/mol. The summed E-state index contributed by atoms with van der Waals surface area (Å²) < 4.78 is 16.7. The Morgan fingerprint density at radius 1 is 1.05 bits per heavy atom. The molecule has 2 atom stereocenters. The summed E-state index contributed by atoms with van der Waals surface area (Å²) in [7, 11) is 1.35. The highest BCUT2D eigenvalue weighted by Crippen LogP contribution is 2.39. The molecular weight excluding hydrogens is 280 g/mol. The van der Waals surface area contributed by atoms with Crippen molar-refractivity contribution in [2.75, 3.05) is 7.11 Å². The number of rotatable bonds is 3. The van der Waals surface area contributed by atoms with Gasteiger partial charge in [-0.05, 0) is 29.7 Å². The second-order valence-electron chi connectivity index (χ2n) is 5.14. The van der Waals surface area contributed by atoms with Crippen LogP contribution in [-0.2, 0) is 16.0 Å². The van der Waals surface area contributed by atoms with Gasteiger partial charge in [0.15, 0.2) is 17.6 Å². The molecule has 114 valence electrons. The molecule has 4 heteroatoms. The van der Waals surface area contributed by atoms with Crippen LogP contribution < -0.4 is 9.47 Å². The molecule has 0 saturated heterocycles. The van der Waals surface area contributed by atoms with E-state index in [1.54, 1.807) is 6.07 Å². The fourth-order valence-electron chi connectivity index (χ4n) is 2.52. The third kappa shape index (κ3) is 2.64. The second kappa shape index (κ2) is 6.10. The van der Waals surface area contributed by atoms with Crippen molar-refractivity contribution in [2.45, 2.75) is 25.6 Å². The fraction of sp³-hybridized carbons (Fsp3) is 0.278. The number of benzene rings is 2. The molecule has 0 saturated carbocycles. The van der Waals surface area contributed by atoms with E-state index in [-0.39, 0.29) is 0 Å². The minimum absolute atomic E-state index is 0.445. The molecule has 22 heavy (non-hydrogen) atoms. The molecule has 1 aliphatic heterocycles. The van der Waals surface area contributed by atoms with E-state index >= 15 is 0 Å². The summed E-state index contributed by atoms with van der Waals surface area (Å²) in [5.41, 5.74) is 2.12. The Morgan fingerprint density at radius 3 is 2.27 bits per heavy atom. The van der Waals surface area contributed by atoms with Gasteiger partial charge in [-0.15, -0.1) is 0 Å². The zero-order valence-electron chi connectivity index (χ0n) is 12.6. The van der Waals surface area contributed by atoms with Crippen molar-refractivity contribution < 1.29 is 19.0 Å². The van der Waals surface area contributed by atoms with E-state index < -0.39 is 18.2 Å². The van der Waals surface area contributed by atoms with E-state index in [1.165, 1.54) is 12.7 Å². The van der Waals surface area contributed by atoms with Crippen molar-refractivity contribution in [3.8, 4) is 11.5 Å². The molecule has 2 aromatic carbocycles. The monoisotopic (exact) mass is 298 g/mol. The lowest BCUT2D eigenvalue weighted by atomic mass is 10.0. The number of ether oxygens (including phenoxy) is 3. The van der Waals surface area contributed by atoms with E-state index in [9.17, 15) is 4.79 Å². The average molecular weight is 298 g/mol. The number of hydrogen-bond acceptors (Lipinski definition) is 4. The number of carbonyl (C=O) groups excluding carboxylic acids is 1. The molecule has 1 aliphatic rings. The Bertz CT molecular complexity index is 663. The number of para-hydroxylation sites is 2. The first kappa shape index (κ1) is 14.4. The molecule has 2 aromatic rings. The molecular formula is C18H18O4. The molecule has 0 aliphatic carbocycles. The highest BCUT2D eigenvalue weighted by atomic mass is 16.6. The standard InChI is InChI=1S/C18H18O4/c1-3-12-8-10-13(11-9-12)16-17(18(19)20-2)22-15-7-5-4-6-14(15)21-16/h4-11,16-17H,3H2,1-2H3/t16-,17+/m1/s1. The Morgan fingerprint density at radius 2 is 1.68 bits per heavy atom. The Labute approximate surface area is 129 Å². The lowest BCUT2D eigenvalue weighted by Crippen LogP contribution is -2.40. The number of aryl methyl sites for hydroxylation is 1. The van der Waals surface area contributed by atoms with Gasteiger partial charge >= 0.3 is 5.97 Å². The molecule has 4 nitrogen and oxygen atoms in total. The summed E-state index contributed by atoms with van der Waals surface area (Å²) >= 11 is 0. The zero-order valence-corrected chi connectivity index (χ0v) is 12.6. The lowest BCUT2D eigenvalue weighted by molar-refractivity contribution is -0.155. The van der Waals surface area contributed by atoms with Gasteiger partial charge in [0.25, 0.3) is 0 Å². The van der Waals surface area contributed by atoms with Crippen LogP contribution in [0.15, 0.2) is 48.5 Å². The first-order chi connectivity index (χ1) is 10.7. The summed E-state index contributed by atoms with van der Waals surface area (Å²) in [6.07, 6.45) is -0.369. The van der Waals surface area contributed by atoms with Crippen molar-refractivity contribution >= 4 is 5.97 Å². The van der Waals surface area contributed by atoms with Crippen LogP contribution in [0.4, 0.5) is 0 Å². The van der Waals surface area contributed by atoms with Gasteiger partial charge in [0.2, 0.25) is 6.10 Å². The van der Waals surface area contributed by atoms with E-state index in [0.29, 0.717) is 11.5 Å². The van der Waals surface area contributed by atoms with Crippen LogP contribution in [0.2, 0.25) is 0 Å². The Hall–Kier alpha value is -2.49. The third-order valence-electron chi connectivity index (χ3n) is 3.78. The summed E-state index contributed by atoms with van der Waals surface area (Å²) in [5, 5.41) is 0. The van der Waals surface area contributed by atoms with Crippen LogP contribution in [0, 0.1) is 0 Å². The predicted octanol–water partition coefficient (Wildman–Crippen LogP) is 3.30. The number of carbonyl (C=O) groups is 1.